The number of rotatable bonds is 6. The lowest BCUT2D eigenvalue weighted by Crippen LogP contribution is -2.39. The fourth-order valence-electron chi connectivity index (χ4n) is 4.28. The lowest BCUT2D eigenvalue weighted by molar-refractivity contribution is -0.136. The lowest BCUT2D eigenvalue weighted by atomic mass is 9.96. The molecule has 6 nitrogen and oxygen atoms in total. The third-order valence-electron chi connectivity index (χ3n) is 6.04. The molecule has 1 aliphatic rings. The molecule has 2 heterocycles. The van der Waals surface area contributed by atoms with Crippen molar-refractivity contribution in [3.63, 3.8) is 0 Å². The Morgan fingerprint density at radius 1 is 1.08 bits per heavy atom. The SMILES string of the molecule is COC(=O)C1=C(C)N=c2sc(=Cc3cc(Br)ccc3OCc3ccccc3)c(=O)n2C1c1ccccc1. The van der Waals surface area contributed by atoms with Crippen LogP contribution in [0.5, 0.6) is 5.75 Å². The molecule has 0 radical (unpaired) electrons. The van der Waals surface area contributed by atoms with Gasteiger partial charge in [0.2, 0.25) is 0 Å². The van der Waals surface area contributed by atoms with Crippen LogP contribution in [0.2, 0.25) is 0 Å². The van der Waals surface area contributed by atoms with Gasteiger partial charge in [-0.3, -0.25) is 9.36 Å². The van der Waals surface area contributed by atoms with Crippen molar-refractivity contribution in [3.05, 3.63) is 131 Å². The van der Waals surface area contributed by atoms with Crippen molar-refractivity contribution < 1.29 is 14.3 Å². The third kappa shape index (κ3) is 5.08. The van der Waals surface area contributed by atoms with Crippen LogP contribution in [-0.2, 0) is 16.1 Å². The van der Waals surface area contributed by atoms with E-state index in [4.69, 9.17) is 9.47 Å². The number of hydrogen-bond donors (Lipinski definition) is 0. The zero-order valence-electron chi connectivity index (χ0n) is 20.2. The van der Waals surface area contributed by atoms with E-state index in [-0.39, 0.29) is 5.56 Å². The van der Waals surface area contributed by atoms with Gasteiger partial charge < -0.3 is 9.47 Å². The molecule has 5 rings (SSSR count). The van der Waals surface area contributed by atoms with E-state index >= 15 is 0 Å². The number of allylic oxidation sites excluding steroid dienone is 1. The number of esters is 1. The van der Waals surface area contributed by atoms with E-state index < -0.39 is 12.0 Å². The maximum Gasteiger partial charge on any atom is 0.338 e. The Morgan fingerprint density at radius 3 is 2.49 bits per heavy atom. The number of carbonyl (C=O) groups excluding carboxylic acids is 1. The second kappa shape index (κ2) is 10.7. The summed E-state index contributed by atoms with van der Waals surface area (Å²) in [6.07, 6.45) is 1.81. The lowest BCUT2D eigenvalue weighted by Gasteiger charge is -2.24. The van der Waals surface area contributed by atoms with E-state index in [1.165, 1.54) is 18.4 Å². The number of methoxy groups -OCH3 is 1. The Labute approximate surface area is 226 Å². The first-order chi connectivity index (χ1) is 18.0. The summed E-state index contributed by atoms with van der Waals surface area (Å²) in [5, 5.41) is 0. The van der Waals surface area contributed by atoms with Gasteiger partial charge in [-0.1, -0.05) is 87.9 Å². The van der Waals surface area contributed by atoms with Crippen molar-refractivity contribution in [1.29, 1.82) is 0 Å². The number of aromatic nitrogens is 1. The standard InChI is InChI=1S/C29H23BrN2O4S/c1-18-25(28(34)35-2)26(20-11-7-4-8-12-20)32-27(33)24(37-29(32)31-18)16-21-15-22(30)13-14-23(21)36-17-19-9-5-3-6-10-19/h3-16,26H,17H2,1-2H3. The monoisotopic (exact) mass is 574 g/mol. The molecule has 0 aliphatic carbocycles. The number of hydrogen-bond acceptors (Lipinski definition) is 6. The predicted molar refractivity (Wildman–Crippen MR) is 147 cm³/mol. The number of nitrogens with zero attached hydrogens (tertiary/aromatic N) is 2. The second-order valence-corrected chi connectivity index (χ2v) is 10.4. The molecule has 1 atom stereocenters. The average Bonchev–Trinajstić information content (AvgIpc) is 3.22. The molecule has 1 aromatic heterocycles. The Hall–Kier alpha value is -3.75. The Morgan fingerprint density at radius 2 is 1.78 bits per heavy atom. The molecule has 1 aliphatic heterocycles. The van der Waals surface area contributed by atoms with E-state index in [0.29, 0.717) is 33.0 Å². The summed E-state index contributed by atoms with van der Waals surface area (Å²) < 4.78 is 14.1. The van der Waals surface area contributed by atoms with Gasteiger partial charge in [-0.25, -0.2) is 9.79 Å². The molecule has 8 heteroatoms. The maximum absolute atomic E-state index is 13.8. The smallest absolute Gasteiger partial charge is 0.338 e. The summed E-state index contributed by atoms with van der Waals surface area (Å²) in [5.74, 6) is 0.150. The van der Waals surface area contributed by atoms with Gasteiger partial charge in [0.1, 0.15) is 12.4 Å². The number of fused-ring (bicyclic) bond motifs is 1. The molecule has 0 fully saturated rings. The van der Waals surface area contributed by atoms with Crippen LogP contribution in [0.15, 0.2) is 104 Å². The van der Waals surface area contributed by atoms with Crippen molar-refractivity contribution in [2.75, 3.05) is 7.11 Å². The van der Waals surface area contributed by atoms with Crippen LogP contribution >= 0.6 is 27.3 Å². The fraction of sp³-hybridized carbons (Fsp3) is 0.138. The van der Waals surface area contributed by atoms with Crippen molar-refractivity contribution in [2.45, 2.75) is 19.6 Å². The molecule has 3 aromatic carbocycles. The highest BCUT2D eigenvalue weighted by Crippen LogP contribution is 2.30. The number of thiazole rings is 1. The topological polar surface area (TPSA) is 69.9 Å². The van der Waals surface area contributed by atoms with E-state index in [0.717, 1.165) is 21.2 Å². The van der Waals surface area contributed by atoms with Crippen LogP contribution in [-0.4, -0.2) is 17.6 Å². The minimum atomic E-state index is -0.636. The normalized spacial score (nSPS) is 15.2. The largest absolute Gasteiger partial charge is 0.488 e. The molecule has 0 bridgehead atoms. The molecular weight excluding hydrogens is 552 g/mol. The van der Waals surface area contributed by atoms with Crippen molar-refractivity contribution in [2.24, 2.45) is 4.99 Å². The first-order valence-corrected chi connectivity index (χ1v) is 13.2. The van der Waals surface area contributed by atoms with Gasteiger partial charge in [0.15, 0.2) is 4.80 Å². The molecule has 0 saturated heterocycles. The highest BCUT2D eigenvalue weighted by molar-refractivity contribution is 9.10. The van der Waals surface area contributed by atoms with Crippen LogP contribution < -0.4 is 19.6 Å². The van der Waals surface area contributed by atoms with Gasteiger partial charge in [0.05, 0.1) is 29.0 Å². The Balaban J connectivity index is 1.63. The summed E-state index contributed by atoms with van der Waals surface area (Å²) in [6, 6.07) is 24.4. The molecular formula is C29H23BrN2O4S. The van der Waals surface area contributed by atoms with E-state index in [1.54, 1.807) is 11.5 Å². The van der Waals surface area contributed by atoms with Crippen LogP contribution in [0.1, 0.15) is 29.7 Å². The molecule has 0 N–H and O–H groups in total. The minimum Gasteiger partial charge on any atom is -0.488 e. The summed E-state index contributed by atoms with van der Waals surface area (Å²) in [7, 11) is 1.33. The van der Waals surface area contributed by atoms with Crippen LogP contribution in [0.25, 0.3) is 6.08 Å². The first kappa shape index (κ1) is 24.9. The molecule has 0 saturated carbocycles. The zero-order chi connectivity index (χ0) is 25.9. The number of halogens is 1. The third-order valence-corrected chi connectivity index (χ3v) is 7.51. The van der Waals surface area contributed by atoms with Crippen LogP contribution in [0.3, 0.4) is 0 Å². The summed E-state index contributed by atoms with van der Waals surface area (Å²) in [5.41, 5.74) is 3.25. The number of carbonyl (C=O) groups is 1. The van der Waals surface area contributed by atoms with Crippen LogP contribution in [0.4, 0.5) is 0 Å². The number of benzene rings is 3. The fourth-order valence-corrected chi connectivity index (χ4v) is 5.70. The number of ether oxygens (including phenoxy) is 2. The van der Waals surface area contributed by atoms with Gasteiger partial charge in [-0.15, -0.1) is 0 Å². The van der Waals surface area contributed by atoms with Gasteiger partial charge in [0.25, 0.3) is 5.56 Å². The molecule has 186 valence electrons. The summed E-state index contributed by atoms with van der Waals surface area (Å²) in [4.78, 5) is 31.7. The second-order valence-electron chi connectivity index (χ2n) is 8.44. The summed E-state index contributed by atoms with van der Waals surface area (Å²) >= 11 is 4.81. The van der Waals surface area contributed by atoms with E-state index in [2.05, 4.69) is 20.9 Å². The average molecular weight is 575 g/mol. The minimum absolute atomic E-state index is 0.236. The Kier molecular flexibility index (Phi) is 7.21. The molecule has 0 amide bonds. The van der Waals surface area contributed by atoms with Crippen LogP contribution in [0, 0.1) is 0 Å². The van der Waals surface area contributed by atoms with Gasteiger partial charge in [0, 0.05) is 10.0 Å². The van der Waals surface area contributed by atoms with Gasteiger partial charge in [-0.2, -0.15) is 0 Å². The maximum atomic E-state index is 13.8. The first-order valence-electron chi connectivity index (χ1n) is 11.6. The highest BCUT2D eigenvalue weighted by atomic mass is 79.9. The molecule has 4 aromatic rings. The van der Waals surface area contributed by atoms with E-state index in [9.17, 15) is 9.59 Å². The molecule has 37 heavy (non-hydrogen) atoms. The summed E-state index contributed by atoms with van der Waals surface area (Å²) in [6.45, 7) is 2.17. The molecule has 1 unspecified atom stereocenters. The Bertz CT molecular complexity index is 1670. The van der Waals surface area contributed by atoms with Crippen molar-refractivity contribution in [1.82, 2.24) is 4.57 Å². The van der Waals surface area contributed by atoms with Gasteiger partial charge in [-0.05, 0) is 42.3 Å². The van der Waals surface area contributed by atoms with Crippen molar-refractivity contribution in [3.8, 4) is 5.75 Å². The zero-order valence-corrected chi connectivity index (χ0v) is 22.6. The predicted octanol–water partition coefficient (Wildman–Crippen LogP) is 4.75. The van der Waals surface area contributed by atoms with Crippen molar-refractivity contribution >= 4 is 39.3 Å². The molecule has 0 spiro atoms. The highest BCUT2D eigenvalue weighted by Gasteiger charge is 2.32. The van der Waals surface area contributed by atoms with Gasteiger partial charge >= 0.3 is 5.97 Å². The van der Waals surface area contributed by atoms with E-state index in [1.807, 2.05) is 84.9 Å². The quantitative estimate of drug-likeness (QED) is 0.312.